The number of hydrogen-bond donors (Lipinski definition) is 2. The Morgan fingerprint density at radius 3 is 2.56 bits per heavy atom. The maximum absolute atomic E-state index is 13.4. The van der Waals surface area contributed by atoms with Crippen molar-refractivity contribution in [1.29, 1.82) is 0 Å². The fourth-order valence-electron chi connectivity index (χ4n) is 1.05. The smallest absolute Gasteiger partial charge is 0.340 e. The maximum Gasteiger partial charge on any atom is 0.340 e. The van der Waals surface area contributed by atoms with E-state index in [-0.39, 0.29) is 10.8 Å². The van der Waals surface area contributed by atoms with Crippen LogP contribution >= 0.6 is 12.2 Å². The normalized spacial score (nSPS) is 9.69. The van der Waals surface area contributed by atoms with Crippen LogP contribution in [-0.2, 0) is 4.74 Å². The second-order valence-electron chi connectivity index (χ2n) is 2.77. The summed E-state index contributed by atoms with van der Waals surface area (Å²) >= 11 is 4.47. The van der Waals surface area contributed by atoms with Gasteiger partial charge in [0, 0.05) is 0 Å². The fourth-order valence-corrected chi connectivity index (χ4v) is 1.16. The lowest BCUT2D eigenvalue weighted by molar-refractivity contribution is 0.0594. The van der Waals surface area contributed by atoms with Crippen molar-refractivity contribution < 1.29 is 18.3 Å². The number of esters is 1. The number of benzene rings is 1. The summed E-state index contributed by atoms with van der Waals surface area (Å²) in [4.78, 5) is 11.0. The van der Waals surface area contributed by atoms with Crippen molar-refractivity contribution in [3.63, 3.8) is 0 Å². The number of nitrogens with one attached hydrogen (secondary N) is 1. The summed E-state index contributed by atoms with van der Waals surface area (Å²) in [5.74, 6) is -3.51. The molecule has 0 saturated heterocycles. The minimum atomic E-state index is -1.31. The molecule has 0 spiro atoms. The van der Waals surface area contributed by atoms with Crippen LogP contribution in [0.4, 0.5) is 14.5 Å². The Labute approximate surface area is 95.4 Å². The van der Waals surface area contributed by atoms with Crippen molar-refractivity contribution in [3.05, 3.63) is 29.3 Å². The van der Waals surface area contributed by atoms with E-state index in [1.165, 1.54) is 0 Å². The number of carbonyl (C=O) groups excluding carboxylic acids is 1. The summed E-state index contributed by atoms with van der Waals surface area (Å²) in [6.45, 7) is 0. The van der Waals surface area contributed by atoms with Gasteiger partial charge in [-0.3, -0.25) is 0 Å². The second kappa shape index (κ2) is 4.84. The van der Waals surface area contributed by atoms with Crippen LogP contribution in [0.25, 0.3) is 0 Å². The summed E-state index contributed by atoms with van der Waals surface area (Å²) in [6, 6.07) is 2.22. The van der Waals surface area contributed by atoms with Crippen LogP contribution < -0.4 is 11.1 Å². The Morgan fingerprint density at radius 2 is 2.06 bits per heavy atom. The minimum Gasteiger partial charge on any atom is -0.465 e. The average molecular weight is 246 g/mol. The van der Waals surface area contributed by atoms with Gasteiger partial charge in [0.25, 0.3) is 0 Å². The van der Waals surface area contributed by atoms with Gasteiger partial charge in [-0.05, 0) is 24.4 Å². The summed E-state index contributed by atoms with van der Waals surface area (Å²) < 4.78 is 31.0. The zero-order valence-corrected chi connectivity index (χ0v) is 9.03. The molecular weight excluding hydrogens is 238 g/mol. The van der Waals surface area contributed by atoms with Crippen LogP contribution in [0.2, 0.25) is 0 Å². The number of anilines is 1. The molecule has 0 aliphatic carbocycles. The van der Waals surface area contributed by atoms with Crippen molar-refractivity contribution in [2.24, 2.45) is 5.73 Å². The van der Waals surface area contributed by atoms with E-state index in [0.29, 0.717) is 0 Å². The molecule has 0 aromatic heterocycles. The van der Waals surface area contributed by atoms with Crippen molar-refractivity contribution in [2.45, 2.75) is 0 Å². The number of nitrogens with two attached hydrogens (primary N) is 1. The van der Waals surface area contributed by atoms with E-state index in [1.807, 2.05) is 0 Å². The van der Waals surface area contributed by atoms with Gasteiger partial charge in [-0.1, -0.05) is 0 Å². The topological polar surface area (TPSA) is 64.3 Å². The minimum absolute atomic E-state index is 0.205. The van der Waals surface area contributed by atoms with Gasteiger partial charge in [-0.2, -0.15) is 0 Å². The third-order valence-electron chi connectivity index (χ3n) is 1.75. The molecule has 0 radical (unpaired) electrons. The number of ether oxygens (including phenoxy) is 1. The lowest BCUT2D eigenvalue weighted by Crippen LogP contribution is -2.20. The lowest BCUT2D eigenvalue weighted by atomic mass is 10.2. The summed E-state index contributed by atoms with van der Waals surface area (Å²) in [7, 11) is 1.07. The quantitative estimate of drug-likeness (QED) is 0.610. The summed E-state index contributed by atoms with van der Waals surface area (Å²) in [5, 5.41) is 2.04. The third-order valence-corrected chi connectivity index (χ3v) is 1.85. The van der Waals surface area contributed by atoms with Crippen LogP contribution in [-0.4, -0.2) is 18.2 Å². The van der Waals surface area contributed by atoms with Crippen LogP contribution in [0.1, 0.15) is 10.4 Å². The van der Waals surface area contributed by atoms with Gasteiger partial charge < -0.3 is 15.8 Å². The zero-order valence-electron chi connectivity index (χ0n) is 8.21. The molecule has 3 N–H and O–H groups in total. The molecule has 1 aromatic rings. The fraction of sp³-hybridized carbons (Fsp3) is 0.111. The number of methoxy groups -OCH3 is 1. The standard InChI is InChI=1S/C9H8F2N2O2S/c1-15-8(14)4-2-3-5(13-9(12)16)7(11)6(4)10/h2-3H,1H3,(H3,12,13,16). The van der Waals surface area contributed by atoms with E-state index < -0.39 is 23.2 Å². The highest BCUT2D eigenvalue weighted by atomic mass is 32.1. The summed E-state index contributed by atoms with van der Waals surface area (Å²) in [5.41, 5.74) is 4.38. The van der Waals surface area contributed by atoms with E-state index in [0.717, 1.165) is 19.2 Å². The summed E-state index contributed by atoms with van der Waals surface area (Å²) in [6.07, 6.45) is 0. The van der Waals surface area contributed by atoms with Gasteiger partial charge in [-0.25, -0.2) is 13.6 Å². The van der Waals surface area contributed by atoms with E-state index in [4.69, 9.17) is 5.73 Å². The van der Waals surface area contributed by atoms with Gasteiger partial charge in [0.15, 0.2) is 16.7 Å². The maximum atomic E-state index is 13.4. The molecular formula is C9H8F2N2O2S. The molecule has 0 heterocycles. The Hall–Kier alpha value is -1.76. The molecule has 0 atom stereocenters. The monoisotopic (exact) mass is 246 g/mol. The highest BCUT2D eigenvalue weighted by Gasteiger charge is 2.19. The molecule has 1 rings (SSSR count). The Morgan fingerprint density at radius 1 is 1.44 bits per heavy atom. The number of carbonyl (C=O) groups is 1. The van der Waals surface area contributed by atoms with E-state index in [2.05, 4.69) is 22.3 Å². The van der Waals surface area contributed by atoms with Crippen LogP contribution in [0, 0.1) is 11.6 Å². The molecule has 0 bridgehead atoms. The molecule has 86 valence electrons. The molecule has 0 amide bonds. The van der Waals surface area contributed by atoms with Crippen molar-refractivity contribution >= 4 is 29.0 Å². The highest BCUT2D eigenvalue weighted by molar-refractivity contribution is 7.80. The Kier molecular flexibility index (Phi) is 3.73. The van der Waals surface area contributed by atoms with Gasteiger partial charge >= 0.3 is 5.97 Å². The van der Waals surface area contributed by atoms with E-state index in [9.17, 15) is 13.6 Å². The van der Waals surface area contributed by atoms with E-state index in [1.54, 1.807) is 0 Å². The molecule has 16 heavy (non-hydrogen) atoms. The first kappa shape index (κ1) is 12.3. The van der Waals surface area contributed by atoms with Gasteiger partial charge in [0.2, 0.25) is 0 Å². The molecule has 4 nitrogen and oxygen atoms in total. The second-order valence-corrected chi connectivity index (χ2v) is 3.21. The SMILES string of the molecule is COC(=O)c1ccc(NC(N)=S)c(F)c1F. The number of thiocarbonyl (C=S) groups is 1. The van der Waals surface area contributed by atoms with Crippen LogP contribution in [0.15, 0.2) is 12.1 Å². The Bertz CT molecular complexity index is 451. The molecule has 0 unspecified atom stereocenters. The van der Waals surface area contributed by atoms with Gasteiger partial charge in [0.05, 0.1) is 18.4 Å². The predicted octanol–water partition coefficient (Wildman–Crippen LogP) is 1.41. The van der Waals surface area contributed by atoms with Gasteiger partial charge in [0.1, 0.15) is 0 Å². The number of halogens is 2. The molecule has 0 saturated carbocycles. The number of hydrogen-bond acceptors (Lipinski definition) is 3. The predicted molar refractivity (Wildman–Crippen MR) is 58.1 cm³/mol. The van der Waals surface area contributed by atoms with Crippen molar-refractivity contribution in [2.75, 3.05) is 12.4 Å². The zero-order chi connectivity index (χ0) is 12.3. The first-order chi connectivity index (χ1) is 7.47. The van der Waals surface area contributed by atoms with E-state index >= 15 is 0 Å². The lowest BCUT2D eigenvalue weighted by Gasteiger charge is -2.08. The van der Waals surface area contributed by atoms with Crippen LogP contribution in [0.3, 0.4) is 0 Å². The largest absolute Gasteiger partial charge is 0.465 e. The molecule has 0 aliphatic rings. The molecule has 0 aliphatic heterocycles. The Balaban J connectivity index is 3.17. The van der Waals surface area contributed by atoms with Crippen molar-refractivity contribution in [1.82, 2.24) is 0 Å². The third kappa shape index (κ3) is 2.43. The molecule has 7 heteroatoms. The van der Waals surface area contributed by atoms with Crippen molar-refractivity contribution in [3.8, 4) is 0 Å². The highest BCUT2D eigenvalue weighted by Crippen LogP contribution is 2.20. The molecule has 1 aromatic carbocycles. The molecule has 0 fully saturated rings. The first-order valence-electron chi connectivity index (χ1n) is 4.10. The van der Waals surface area contributed by atoms with Crippen LogP contribution in [0.5, 0.6) is 0 Å². The first-order valence-corrected chi connectivity index (χ1v) is 4.51. The average Bonchev–Trinajstić information content (AvgIpc) is 2.23. The van der Waals surface area contributed by atoms with Gasteiger partial charge in [-0.15, -0.1) is 0 Å². The number of rotatable bonds is 2.